The minimum atomic E-state index is -0.521. The van der Waals surface area contributed by atoms with Gasteiger partial charge in [0.05, 0.1) is 0 Å². The lowest BCUT2D eigenvalue weighted by atomic mass is 10.1. The number of hydrogen-bond acceptors (Lipinski definition) is 4. The number of anilines is 1. The number of carbonyl (C=O) groups is 2. The van der Waals surface area contributed by atoms with E-state index in [1.54, 1.807) is 18.2 Å². The van der Waals surface area contributed by atoms with Crippen molar-refractivity contribution in [2.45, 2.75) is 0 Å². The van der Waals surface area contributed by atoms with Gasteiger partial charge in [-0.25, -0.2) is 0 Å². The zero-order chi connectivity index (χ0) is 16.2. The van der Waals surface area contributed by atoms with Crippen molar-refractivity contribution in [3.8, 4) is 11.3 Å². The Morgan fingerprint density at radius 3 is 2.35 bits per heavy atom. The molecule has 0 atom stereocenters. The van der Waals surface area contributed by atoms with Gasteiger partial charge in [0.2, 0.25) is 5.91 Å². The Morgan fingerprint density at radius 1 is 1.00 bits per heavy atom. The molecule has 0 aliphatic rings. The van der Waals surface area contributed by atoms with Crippen molar-refractivity contribution in [1.82, 2.24) is 5.16 Å². The summed E-state index contributed by atoms with van der Waals surface area (Å²) in [6.07, 6.45) is 0. The predicted molar refractivity (Wildman–Crippen MR) is 84.9 cm³/mol. The third kappa shape index (κ3) is 3.26. The van der Waals surface area contributed by atoms with Crippen LogP contribution in [0.2, 0.25) is 0 Å². The highest BCUT2D eigenvalue weighted by Crippen LogP contribution is 2.20. The van der Waals surface area contributed by atoms with Gasteiger partial charge in [0, 0.05) is 22.9 Å². The van der Waals surface area contributed by atoms with E-state index in [4.69, 9.17) is 10.3 Å². The van der Waals surface area contributed by atoms with Crippen molar-refractivity contribution in [2.75, 3.05) is 5.32 Å². The number of nitrogens with zero attached hydrogens (tertiary/aromatic N) is 1. The van der Waals surface area contributed by atoms with E-state index in [-0.39, 0.29) is 5.69 Å². The van der Waals surface area contributed by atoms with Crippen LogP contribution in [0, 0.1) is 0 Å². The molecule has 6 heteroatoms. The summed E-state index contributed by atoms with van der Waals surface area (Å²) in [6.45, 7) is 0. The van der Waals surface area contributed by atoms with E-state index < -0.39 is 11.8 Å². The maximum Gasteiger partial charge on any atom is 0.277 e. The molecule has 3 aromatic rings. The number of nitrogens with one attached hydrogen (secondary N) is 1. The summed E-state index contributed by atoms with van der Waals surface area (Å²) < 4.78 is 5.19. The molecule has 6 nitrogen and oxygen atoms in total. The van der Waals surface area contributed by atoms with E-state index in [0.29, 0.717) is 17.0 Å². The summed E-state index contributed by atoms with van der Waals surface area (Å²) in [5.74, 6) is -0.408. The summed E-state index contributed by atoms with van der Waals surface area (Å²) in [6, 6.07) is 17.2. The minimum absolute atomic E-state index is 0.169. The van der Waals surface area contributed by atoms with Crippen LogP contribution < -0.4 is 11.1 Å². The number of aromatic nitrogens is 1. The highest BCUT2D eigenvalue weighted by molar-refractivity contribution is 6.03. The molecular weight excluding hydrogens is 294 g/mol. The number of primary amides is 1. The van der Waals surface area contributed by atoms with Crippen molar-refractivity contribution in [1.29, 1.82) is 0 Å². The molecule has 1 heterocycles. The van der Waals surface area contributed by atoms with Crippen LogP contribution in [0.3, 0.4) is 0 Å². The molecule has 114 valence electrons. The molecule has 0 spiro atoms. The topological polar surface area (TPSA) is 98.2 Å². The first-order chi connectivity index (χ1) is 11.1. The largest absolute Gasteiger partial charge is 0.366 e. The Labute approximate surface area is 131 Å². The van der Waals surface area contributed by atoms with Crippen LogP contribution in [-0.4, -0.2) is 17.0 Å². The van der Waals surface area contributed by atoms with Gasteiger partial charge in [-0.15, -0.1) is 0 Å². The Bertz CT molecular complexity index is 839. The fraction of sp³-hybridized carbons (Fsp3) is 0. The Balaban J connectivity index is 1.74. The van der Waals surface area contributed by atoms with Gasteiger partial charge in [-0.05, 0) is 24.3 Å². The van der Waals surface area contributed by atoms with Gasteiger partial charge in [0.25, 0.3) is 5.91 Å². The molecule has 0 aliphatic heterocycles. The number of amides is 2. The quantitative estimate of drug-likeness (QED) is 0.774. The van der Waals surface area contributed by atoms with Crippen LogP contribution in [-0.2, 0) is 0 Å². The molecule has 0 saturated heterocycles. The van der Waals surface area contributed by atoms with Crippen LogP contribution in [0.25, 0.3) is 11.3 Å². The zero-order valence-corrected chi connectivity index (χ0v) is 12.0. The predicted octanol–water partition coefficient (Wildman–Crippen LogP) is 2.69. The van der Waals surface area contributed by atoms with Crippen molar-refractivity contribution in [3.05, 3.63) is 71.9 Å². The van der Waals surface area contributed by atoms with Crippen molar-refractivity contribution < 1.29 is 14.1 Å². The molecule has 1 aromatic heterocycles. The molecule has 3 rings (SSSR count). The summed E-state index contributed by atoms with van der Waals surface area (Å²) in [7, 11) is 0. The molecule has 2 aromatic carbocycles. The molecule has 0 fully saturated rings. The van der Waals surface area contributed by atoms with Crippen LogP contribution >= 0.6 is 0 Å². The van der Waals surface area contributed by atoms with E-state index in [9.17, 15) is 9.59 Å². The van der Waals surface area contributed by atoms with Crippen molar-refractivity contribution in [3.63, 3.8) is 0 Å². The molecule has 0 aliphatic carbocycles. The van der Waals surface area contributed by atoms with Gasteiger partial charge < -0.3 is 15.6 Å². The molecule has 3 N–H and O–H groups in total. The third-order valence-corrected chi connectivity index (χ3v) is 3.23. The van der Waals surface area contributed by atoms with Gasteiger partial charge in [0.15, 0.2) is 11.5 Å². The van der Waals surface area contributed by atoms with Crippen LogP contribution in [0.15, 0.2) is 65.2 Å². The average molecular weight is 307 g/mol. The van der Waals surface area contributed by atoms with Crippen LogP contribution in [0.5, 0.6) is 0 Å². The number of hydrogen-bond donors (Lipinski definition) is 2. The monoisotopic (exact) mass is 307 g/mol. The van der Waals surface area contributed by atoms with Gasteiger partial charge in [-0.1, -0.05) is 35.5 Å². The Morgan fingerprint density at radius 2 is 1.70 bits per heavy atom. The lowest BCUT2D eigenvalue weighted by molar-refractivity contribution is 0.0997. The first kappa shape index (κ1) is 14.5. The normalized spacial score (nSPS) is 10.3. The maximum absolute atomic E-state index is 12.2. The smallest absolute Gasteiger partial charge is 0.277 e. The van der Waals surface area contributed by atoms with Gasteiger partial charge in [-0.2, -0.15) is 0 Å². The van der Waals surface area contributed by atoms with Crippen molar-refractivity contribution in [2.24, 2.45) is 5.73 Å². The highest BCUT2D eigenvalue weighted by Gasteiger charge is 2.14. The summed E-state index contributed by atoms with van der Waals surface area (Å²) in [5, 5.41) is 6.45. The molecule has 0 bridgehead atoms. The standard InChI is InChI=1S/C17H13N3O3/c18-16(21)12-6-8-13(9-7-12)19-17(22)14-10-15(23-20-14)11-4-2-1-3-5-11/h1-10H,(H2,18,21)(H,19,22). The lowest BCUT2D eigenvalue weighted by Gasteiger charge is -2.03. The number of nitrogens with two attached hydrogens (primary N) is 1. The minimum Gasteiger partial charge on any atom is -0.366 e. The second-order valence-corrected chi connectivity index (χ2v) is 4.84. The summed E-state index contributed by atoms with van der Waals surface area (Å²) in [5.41, 5.74) is 7.08. The molecule has 0 unspecified atom stereocenters. The number of rotatable bonds is 4. The van der Waals surface area contributed by atoms with Gasteiger partial charge in [0.1, 0.15) is 0 Å². The molecule has 2 amide bonds. The van der Waals surface area contributed by atoms with E-state index in [1.165, 1.54) is 12.1 Å². The van der Waals surface area contributed by atoms with E-state index in [1.807, 2.05) is 30.3 Å². The molecule has 23 heavy (non-hydrogen) atoms. The zero-order valence-electron chi connectivity index (χ0n) is 12.0. The van der Waals surface area contributed by atoms with E-state index >= 15 is 0 Å². The number of benzene rings is 2. The molecular formula is C17H13N3O3. The van der Waals surface area contributed by atoms with Gasteiger partial charge in [-0.3, -0.25) is 9.59 Å². The van der Waals surface area contributed by atoms with E-state index in [2.05, 4.69) is 10.5 Å². The Hall–Kier alpha value is -3.41. The number of carbonyl (C=O) groups excluding carboxylic acids is 2. The summed E-state index contributed by atoms with van der Waals surface area (Å²) in [4.78, 5) is 23.2. The Kier molecular flexibility index (Phi) is 3.88. The fourth-order valence-corrected chi connectivity index (χ4v) is 2.03. The molecule has 0 saturated carbocycles. The second-order valence-electron chi connectivity index (χ2n) is 4.84. The fourth-order valence-electron chi connectivity index (χ4n) is 2.03. The highest BCUT2D eigenvalue weighted by atomic mass is 16.5. The SMILES string of the molecule is NC(=O)c1ccc(NC(=O)c2cc(-c3ccccc3)on2)cc1. The first-order valence-corrected chi connectivity index (χ1v) is 6.87. The first-order valence-electron chi connectivity index (χ1n) is 6.87. The van der Waals surface area contributed by atoms with Crippen molar-refractivity contribution >= 4 is 17.5 Å². The average Bonchev–Trinajstić information content (AvgIpc) is 3.06. The van der Waals surface area contributed by atoms with Crippen LogP contribution in [0.1, 0.15) is 20.8 Å². The second kappa shape index (κ2) is 6.15. The molecule has 0 radical (unpaired) electrons. The van der Waals surface area contributed by atoms with Crippen LogP contribution in [0.4, 0.5) is 5.69 Å². The summed E-state index contributed by atoms with van der Waals surface area (Å²) >= 11 is 0. The maximum atomic E-state index is 12.2. The van der Waals surface area contributed by atoms with E-state index in [0.717, 1.165) is 5.56 Å². The lowest BCUT2D eigenvalue weighted by Crippen LogP contribution is -2.13. The third-order valence-electron chi connectivity index (χ3n) is 3.23. The van der Waals surface area contributed by atoms with Gasteiger partial charge >= 0.3 is 0 Å².